The zero-order chi connectivity index (χ0) is 16.9. The van der Waals surface area contributed by atoms with Crippen molar-refractivity contribution in [2.24, 2.45) is 0 Å². The largest absolute Gasteiger partial charge is 0.480 e. The van der Waals surface area contributed by atoms with Crippen LogP contribution in [0.4, 0.5) is 0 Å². The molecule has 22 heavy (non-hydrogen) atoms. The summed E-state index contributed by atoms with van der Waals surface area (Å²) in [5, 5.41) is 18.0. The highest BCUT2D eigenvalue weighted by molar-refractivity contribution is 8.00. The average molecular weight is 342 g/mol. The lowest BCUT2D eigenvalue weighted by Gasteiger charge is -2.21. The van der Waals surface area contributed by atoms with Crippen molar-refractivity contribution in [2.45, 2.75) is 49.2 Å². The van der Waals surface area contributed by atoms with Gasteiger partial charge >= 0.3 is 11.9 Å². The Kier molecular flexibility index (Phi) is 6.81. The molecule has 0 aliphatic carbocycles. The van der Waals surface area contributed by atoms with E-state index in [-0.39, 0.29) is 11.0 Å². The van der Waals surface area contributed by atoms with Crippen LogP contribution in [0.15, 0.2) is 23.1 Å². The van der Waals surface area contributed by atoms with E-state index in [9.17, 15) is 19.8 Å². The Hall–Kier alpha value is -1.14. The Morgan fingerprint density at radius 2 is 1.86 bits per heavy atom. The second-order valence-electron chi connectivity index (χ2n) is 6.11. The maximum atomic E-state index is 11.3. The molecule has 0 saturated heterocycles. The van der Waals surface area contributed by atoms with E-state index in [4.69, 9.17) is 0 Å². The van der Waals surface area contributed by atoms with E-state index in [1.165, 1.54) is 11.8 Å². The molecule has 1 unspecified atom stereocenters. The van der Waals surface area contributed by atoms with Crippen molar-refractivity contribution in [2.75, 3.05) is 5.75 Å². The molecule has 0 fully saturated rings. The van der Waals surface area contributed by atoms with Crippen LogP contribution in [0.1, 0.15) is 49.5 Å². The third-order valence-corrected chi connectivity index (χ3v) is 4.74. The Balaban J connectivity index is 3.14. The minimum Gasteiger partial charge on any atom is -0.480 e. The standard InChI is InChI=1S/C16H22O4S2/c1-16(2,3)11-7-10(14(17)18)8-12(9-11)22-13(15(19)20)5-4-6-21/h7-9,13,21H,4-6H2,1-3H3,(H,17,18)(H,19,20). The maximum Gasteiger partial charge on any atom is 0.335 e. The summed E-state index contributed by atoms with van der Waals surface area (Å²) in [4.78, 5) is 23.3. The minimum atomic E-state index is -1.00. The number of benzene rings is 1. The predicted molar refractivity (Wildman–Crippen MR) is 92.5 cm³/mol. The molecule has 0 aliphatic rings. The van der Waals surface area contributed by atoms with Crippen LogP contribution in [-0.2, 0) is 10.2 Å². The summed E-state index contributed by atoms with van der Waals surface area (Å²) in [5.74, 6) is -1.26. The summed E-state index contributed by atoms with van der Waals surface area (Å²) < 4.78 is 0. The highest BCUT2D eigenvalue weighted by atomic mass is 32.2. The second-order valence-corrected chi connectivity index (χ2v) is 7.84. The molecule has 1 aromatic carbocycles. The van der Waals surface area contributed by atoms with Gasteiger partial charge in [0.2, 0.25) is 0 Å². The van der Waals surface area contributed by atoms with Gasteiger partial charge in [0.05, 0.1) is 5.56 Å². The molecule has 0 spiro atoms. The van der Waals surface area contributed by atoms with Crippen molar-refractivity contribution in [1.29, 1.82) is 0 Å². The van der Waals surface area contributed by atoms with Crippen molar-refractivity contribution in [3.05, 3.63) is 29.3 Å². The molecule has 0 amide bonds. The molecule has 0 saturated carbocycles. The number of carboxylic acids is 2. The third-order valence-electron chi connectivity index (χ3n) is 3.20. The predicted octanol–water partition coefficient (Wildman–Crippen LogP) is 3.94. The lowest BCUT2D eigenvalue weighted by Crippen LogP contribution is -2.17. The van der Waals surface area contributed by atoms with Gasteiger partial charge < -0.3 is 10.2 Å². The molecule has 0 aliphatic heterocycles. The zero-order valence-corrected chi connectivity index (χ0v) is 14.7. The molecule has 1 rings (SSSR count). The normalized spacial score (nSPS) is 12.9. The molecular formula is C16H22O4S2. The second kappa shape index (κ2) is 7.92. The number of aliphatic carboxylic acids is 1. The summed E-state index contributed by atoms with van der Waals surface area (Å²) in [6, 6.07) is 5.07. The highest BCUT2D eigenvalue weighted by Crippen LogP contribution is 2.32. The van der Waals surface area contributed by atoms with Crippen molar-refractivity contribution in [3.63, 3.8) is 0 Å². The Labute approximate surface area is 140 Å². The number of hydrogen-bond donors (Lipinski definition) is 3. The van der Waals surface area contributed by atoms with Gasteiger partial charge in [0, 0.05) is 4.90 Å². The van der Waals surface area contributed by atoms with E-state index < -0.39 is 17.2 Å². The molecular weight excluding hydrogens is 320 g/mol. The fourth-order valence-corrected chi connectivity index (χ4v) is 3.18. The topological polar surface area (TPSA) is 74.6 Å². The zero-order valence-electron chi connectivity index (χ0n) is 13.0. The quantitative estimate of drug-likeness (QED) is 0.517. The molecule has 6 heteroatoms. The molecule has 0 bridgehead atoms. The van der Waals surface area contributed by atoms with Gasteiger partial charge in [0.25, 0.3) is 0 Å². The summed E-state index contributed by atoms with van der Waals surface area (Å²) in [6.07, 6.45) is 1.21. The van der Waals surface area contributed by atoms with Gasteiger partial charge in [0.15, 0.2) is 0 Å². The van der Waals surface area contributed by atoms with Crippen LogP contribution < -0.4 is 0 Å². The Bertz CT molecular complexity index is 550. The molecule has 0 aromatic heterocycles. The first-order valence-electron chi connectivity index (χ1n) is 7.04. The van der Waals surface area contributed by atoms with Crippen LogP contribution in [0.25, 0.3) is 0 Å². The smallest absolute Gasteiger partial charge is 0.335 e. The van der Waals surface area contributed by atoms with Gasteiger partial charge in [0.1, 0.15) is 5.25 Å². The van der Waals surface area contributed by atoms with Crippen LogP contribution in [-0.4, -0.2) is 33.2 Å². The van der Waals surface area contributed by atoms with Crippen molar-refractivity contribution < 1.29 is 19.8 Å². The van der Waals surface area contributed by atoms with Crippen LogP contribution in [0, 0.1) is 0 Å². The first kappa shape index (κ1) is 18.9. The van der Waals surface area contributed by atoms with Gasteiger partial charge in [-0.3, -0.25) is 4.79 Å². The number of carbonyl (C=O) groups is 2. The number of rotatable bonds is 7. The fraction of sp³-hybridized carbons (Fsp3) is 0.500. The van der Waals surface area contributed by atoms with Crippen molar-refractivity contribution in [3.8, 4) is 0 Å². The van der Waals surface area contributed by atoms with E-state index >= 15 is 0 Å². The number of thiol groups is 1. The molecule has 2 N–H and O–H groups in total. The lowest BCUT2D eigenvalue weighted by molar-refractivity contribution is -0.136. The van der Waals surface area contributed by atoms with E-state index in [2.05, 4.69) is 12.6 Å². The van der Waals surface area contributed by atoms with E-state index in [1.54, 1.807) is 12.1 Å². The van der Waals surface area contributed by atoms with E-state index in [0.717, 1.165) is 5.56 Å². The molecule has 1 aromatic rings. The molecule has 4 nitrogen and oxygen atoms in total. The molecule has 122 valence electrons. The molecule has 0 heterocycles. The van der Waals surface area contributed by atoms with Crippen molar-refractivity contribution in [1.82, 2.24) is 0 Å². The number of hydrogen-bond acceptors (Lipinski definition) is 4. The van der Waals surface area contributed by atoms with Crippen LogP contribution in [0.2, 0.25) is 0 Å². The van der Waals surface area contributed by atoms with Crippen molar-refractivity contribution >= 4 is 36.3 Å². The summed E-state index contributed by atoms with van der Waals surface area (Å²) in [5.41, 5.74) is 0.867. The van der Waals surface area contributed by atoms with Gasteiger partial charge in [-0.2, -0.15) is 12.6 Å². The van der Waals surface area contributed by atoms with Crippen LogP contribution >= 0.6 is 24.4 Å². The average Bonchev–Trinajstić information content (AvgIpc) is 2.41. The minimum absolute atomic E-state index is 0.188. The summed E-state index contributed by atoms with van der Waals surface area (Å²) in [6.45, 7) is 5.99. The summed E-state index contributed by atoms with van der Waals surface area (Å²) >= 11 is 5.31. The van der Waals surface area contributed by atoms with Gasteiger partial charge in [-0.05, 0) is 47.8 Å². The number of thioether (sulfide) groups is 1. The molecule has 0 radical (unpaired) electrons. The Morgan fingerprint density at radius 3 is 2.32 bits per heavy atom. The van der Waals surface area contributed by atoms with E-state index in [0.29, 0.717) is 23.5 Å². The third kappa shape index (κ3) is 5.57. The van der Waals surface area contributed by atoms with Gasteiger partial charge in [-0.25, -0.2) is 4.79 Å². The molecule has 1 atom stereocenters. The lowest BCUT2D eigenvalue weighted by atomic mass is 9.86. The first-order chi connectivity index (χ1) is 10.1. The van der Waals surface area contributed by atoms with Gasteiger partial charge in [-0.1, -0.05) is 20.8 Å². The number of aromatic carboxylic acids is 1. The fourth-order valence-electron chi connectivity index (χ4n) is 1.90. The Morgan fingerprint density at radius 1 is 1.23 bits per heavy atom. The SMILES string of the molecule is CC(C)(C)c1cc(SC(CCCS)C(=O)O)cc(C(=O)O)c1. The van der Waals surface area contributed by atoms with Crippen LogP contribution in [0.5, 0.6) is 0 Å². The monoisotopic (exact) mass is 342 g/mol. The highest BCUT2D eigenvalue weighted by Gasteiger charge is 2.22. The van der Waals surface area contributed by atoms with Crippen LogP contribution in [0.3, 0.4) is 0 Å². The maximum absolute atomic E-state index is 11.3. The van der Waals surface area contributed by atoms with E-state index in [1.807, 2.05) is 26.8 Å². The first-order valence-corrected chi connectivity index (χ1v) is 8.55. The summed E-state index contributed by atoms with van der Waals surface area (Å²) in [7, 11) is 0. The van der Waals surface area contributed by atoms with Gasteiger partial charge in [-0.15, -0.1) is 11.8 Å². The number of carboxylic acid groups (broad SMARTS) is 2.